The Bertz CT molecular complexity index is 1430. The van der Waals surface area contributed by atoms with Crippen molar-refractivity contribution in [2.75, 3.05) is 32.1 Å². The molecule has 3 N–H and O–H groups in total. The summed E-state index contributed by atoms with van der Waals surface area (Å²) in [5.41, 5.74) is 0.891. The van der Waals surface area contributed by atoms with Gasteiger partial charge >= 0.3 is 24.0 Å². The fourth-order valence-electron chi connectivity index (χ4n) is 4.70. The van der Waals surface area contributed by atoms with Crippen LogP contribution in [0.25, 0.3) is 0 Å². The second-order valence-corrected chi connectivity index (χ2v) is 10.6. The van der Waals surface area contributed by atoms with Crippen LogP contribution >= 0.6 is 11.8 Å². The molecule has 16 heteroatoms. The van der Waals surface area contributed by atoms with Gasteiger partial charge in [0.05, 0.1) is 19.4 Å². The van der Waals surface area contributed by atoms with E-state index in [9.17, 15) is 33.9 Å². The highest BCUT2D eigenvalue weighted by Gasteiger charge is 2.54. The van der Waals surface area contributed by atoms with Crippen molar-refractivity contribution in [3.8, 4) is 0 Å². The van der Waals surface area contributed by atoms with Crippen molar-refractivity contribution in [1.82, 2.24) is 25.4 Å². The van der Waals surface area contributed by atoms with Crippen molar-refractivity contribution in [3.63, 3.8) is 0 Å². The Morgan fingerprint density at radius 1 is 1.19 bits per heavy atom. The quantitative estimate of drug-likeness (QED) is 0.279. The molecular formula is C26H26N6O9S. The molecule has 0 spiro atoms. The van der Waals surface area contributed by atoms with E-state index in [1.54, 1.807) is 36.4 Å². The van der Waals surface area contributed by atoms with E-state index in [-0.39, 0.29) is 43.3 Å². The SMILES string of the molecule is CC(=O)OCC1=C(C(=O)O)N2C(=O)C(NC(=O)C(NC(=O)N3CCN(N=C4C=COC4)C3=O)c3ccccc3)[C@@H]2SC1. The number of hydrogen-bond acceptors (Lipinski definition) is 10. The number of aliphatic carboxylic acids is 1. The monoisotopic (exact) mass is 598 g/mol. The van der Waals surface area contributed by atoms with E-state index in [0.717, 1.165) is 14.8 Å². The second kappa shape index (κ2) is 11.9. The number of carbonyl (C=O) groups excluding carboxylic acids is 5. The number of hydrazone groups is 1. The summed E-state index contributed by atoms with van der Waals surface area (Å²) >= 11 is 1.21. The van der Waals surface area contributed by atoms with E-state index in [0.29, 0.717) is 11.3 Å². The third-order valence-electron chi connectivity index (χ3n) is 6.73. The van der Waals surface area contributed by atoms with Crippen LogP contribution in [-0.2, 0) is 28.7 Å². The summed E-state index contributed by atoms with van der Waals surface area (Å²) in [4.78, 5) is 77.7. The van der Waals surface area contributed by atoms with Gasteiger partial charge in [0.1, 0.15) is 42.1 Å². The Labute approximate surface area is 243 Å². The number of urea groups is 2. The Morgan fingerprint density at radius 3 is 2.62 bits per heavy atom. The van der Waals surface area contributed by atoms with E-state index < -0.39 is 53.3 Å². The van der Waals surface area contributed by atoms with Gasteiger partial charge in [-0.3, -0.25) is 19.3 Å². The number of ether oxygens (including phenoxy) is 2. The summed E-state index contributed by atoms with van der Waals surface area (Å²) in [5.74, 6) is -3.18. The fraction of sp³-hybridized carbons (Fsp3) is 0.346. The minimum Gasteiger partial charge on any atom is -0.495 e. The van der Waals surface area contributed by atoms with E-state index in [4.69, 9.17) is 9.47 Å². The minimum atomic E-state index is -1.36. The average Bonchev–Trinajstić information content (AvgIpc) is 3.62. The topological polar surface area (TPSA) is 187 Å². The number of esters is 1. The molecule has 3 atom stereocenters. The van der Waals surface area contributed by atoms with Crippen LogP contribution in [-0.4, -0.2) is 105 Å². The predicted octanol–water partition coefficient (Wildman–Crippen LogP) is 0.377. The van der Waals surface area contributed by atoms with Crippen LogP contribution < -0.4 is 10.6 Å². The maximum atomic E-state index is 13.5. The molecule has 42 heavy (non-hydrogen) atoms. The van der Waals surface area contributed by atoms with Gasteiger partial charge in [0.15, 0.2) is 0 Å². The average molecular weight is 599 g/mol. The molecule has 2 saturated heterocycles. The van der Waals surface area contributed by atoms with Gasteiger partial charge in [0.2, 0.25) is 5.91 Å². The molecule has 0 radical (unpaired) electrons. The van der Waals surface area contributed by atoms with Gasteiger partial charge in [-0.15, -0.1) is 11.8 Å². The second-order valence-electron chi connectivity index (χ2n) is 9.49. The van der Waals surface area contributed by atoms with Crippen molar-refractivity contribution < 1.29 is 43.3 Å². The zero-order valence-corrected chi connectivity index (χ0v) is 23.0. The van der Waals surface area contributed by atoms with Crippen LogP contribution in [0.3, 0.4) is 0 Å². The number of imide groups is 1. The third-order valence-corrected chi connectivity index (χ3v) is 8.07. The molecule has 2 fully saturated rings. The first-order chi connectivity index (χ1) is 20.2. The van der Waals surface area contributed by atoms with Gasteiger partial charge in [0, 0.05) is 18.2 Å². The van der Waals surface area contributed by atoms with Gasteiger partial charge in [-0.2, -0.15) is 5.10 Å². The van der Waals surface area contributed by atoms with Crippen molar-refractivity contribution in [1.29, 1.82) is 0 Å². The fourth-order valence-corrected chi connectivity index (χ4v) is 6.03. The minimum absolute atomic E-state index is 0.0317. The number of carbonyl (C=O) groups is 6. The standard InChI is InChI=1S/C26H26N6O9S/c1-14(33)41-11-16-13-42-23-19(22(35)32(23)20(16)24(36)37)27-21(34)18(15-5-3-2-4-6-15)28-25(38)30-8-9-31(26(30)39)29-17-7-10-40-12-17/h2-7,10,18-19,23H,8-9,11-13H2,1H3,(H,27,34)(H,28,38)(H,36,37)/t18?,19?,23-/m0/s1. The Kier molecular flexibility index (Phi) is 8.15. The molecule has 1 aromatic carbocycles. The van der Waals surface area contributed by atoms with Crippen molar-refractivity contribution in [2.45, 2.75) is 24.4 Å². The molecule has 5 rings (SSSR count). The highest BCUT2D eigenvalue weighted by atomic mass is 32.2. The summed E-state index contributed by atoms with van der Waals surface area (Å²) in [6.45, 7) is 1.30. The first kappa shape index (κ1) is 28.7. The molecule has 0 aromatic heterocycles. The Hall–Kier alpha value is -4.86. The number of carboxylic acid groups (broad SMARTS) is 1. The molecule has 4 heterocycles. The predicted molar refractivity (Wildman–Crippen MR) is 145 cm³/mol. The number of thioether (sulfide) groups is 1. The zero-order chi connectivity index (χ0) is 30.0. The molecular weight excluding hydrogens is 572 g/mol. The largest absolute Gasteiger partial charge is 0.495 e. The lowest BCUT2D eigenvalue weighted by Crippen LogP contribution is -2.71. The lowest BCUT2D eigenvalue weighted by Gasteiger charge is -2.49. The number of benzene rings is 1. The number of nitrogens with zero attached hydrogens (tertiary/aromatic N) is 4. The lowest BCUT2D eigenvalue weighted by molar-refractivity contribution is -0.151. The smallest absolute Gasteiger partial charge is 0.352 e. The lowest BCUT2D eigenvalue weighted by atomic mass is 10.0. The molecule has 6 amide bonds. The van der Waals surface area contributed by atoms with Crippen LogP contribution in [0.2, 0.25) is 0 Å². The Morgan fingerprint density at radius 2 is 1.95 bits per heavy atom. The van der Waals surface area contributed by atoms with Crippen molar-refractivity contribution >= 4 is 53.3 Å². The van der Waals surface area contributed by atoms with Gasteiger partial charge in [-0.25, -0.2) is 24.3 Å². The molecule has 2 unspecified atom stereocenters. The third kappa shape index (κ3) is 5.65. The highest BCUT2D eigenvalue weighted by molar-refractivity contribution is 8.00. The molecule has 220 valence electrons. The first-order valence-electron chi connectivity index (χ1n) is 12.8. The molecule has 4 aliphatic heterocycles. The normalized spacial score (nSPS) is 22.9. The number of hydrogen-bond donors (Lipinski definition) is 3. The highest BCUT2D eigenvalue weighted by Crippen LogP contribution is 2.40. The Balaban J connectivity index is 1.29. The first-order valence-corrected chi connectivity index (χ1v) is 13.8. The number of amides is 6. The number of nitrogens with one attached hydrogen (secondary N) is 2. The number of rotatable bonds is 8. The summed E-state index contributed by atoms with van der Waals surface area (Å²) in [6, 6.07) is 4.42. The summed E-state index contributed by atoms with van der Waals surface area (Å²) in [5, 5.41) is 19.6. The summed E-state index contributed by atoms with van der Waals surface area (Å²) < 4.78 is 10.0. The zero-order valence-electron chi connectivity index (χ0n) is 22.2. The van der Waals surface area contributed by atoms with Crippen LogP contribution in [0.15, 0.2) is 59.0 Å². The van der Waals surface area contributed by atoms with E-state index in [1.165, 1.54) is 24.9 Å². The molecule has 1 aromatic rings. The van der Waals surface area contributed by atoms with Crippen LogP contribution in [0.1, 0.15) is 18.5 Å². The molecule has 0 aliphatic carbocycles. The van der Waals surface area contributed by atoms with Gasteiger partial charge < -0.3 is 25.2 Å². The summed E-state index contributed by atoms with van der Waals surface area (Å²) in [7, 11) is 0. The maximum absolute atomic E-state index is 13.5. The summed E-state index contributed by atoms with van der Waals surface area (Å²) in [6.07, 6.45) is 3.06. The van der Waals surface area contributed by atoms with E-state index in [1.807, 2.05) is 0 Å². The van der Waals surface area contributed by atoms with Gasteiger partial charge in [-0.1, -0.05) is 30.3 Å². The molecule has 0 saturated carbocycles. The van der Waals surface area contributed by atoms with Gasteiger partial charge in [-0.05, 0) is 11.6 Å². The van der Waals surface area contributed by atoms with Crippen molar-refractivity contribution in [3.05, 3.63) is 59.5 Å². The number of fused-ring (bicyclic) bond motifs is 1. The number of β-lactam (4-membered cyclic amide) rings is 1. The van der Waals surface area contributed by atoms with Crippen LogP contribution in [0, 0.1) is 0 Å². The van der Waals surface area contributed by atoms with Crippen LogP contribution in [0.5, 0.6) is 0 Å². The van der Waals surface area contributed by atoms with Crippen molar-refractivity contribution in [2.24, 2.45) is 5.10 Å². The van der Waals surface area contributed by atoms with Crippen LogP contribution in [0.4, 0.5) is 9.59 Å². The van der Waals surface area contributed by atoms with E-state index in [2.05, 4.69) is 15.7 Å². The molecule has 0 bridgehead atoms. The molecule has 15 nitrogen and oxygen atoms in total. The molecule has 4 aliphatic rings. The number of carboxylic acids is 1. The van der Waals surface area contributed by atoms with E-state index >= 15 is 0 Å². The van der Waals surface area contributed by atoms with Gasteiger partial charge in [0.25, 0.3) is 5.91 Å². The maximum Gasteiger partial charge on any atom is 0.352 e.